The molecule has 2 saturated heterocycles. The molecule has 0 aliphatic carbocycles. The van der Waals surface area contributed by atoms with E-state index in [2.05, 4.69) is 0 Å². The maximum Gasteiger partial charge on any atom is 0.397 e. The Hall–Kier alpha value is -2.06. The molecule has 0 bridgehead atoms. The van der Waals surface area contributed by atoms with Crippen molar-refractivity contribution < 1.29 is 26.3 Å². The van der Waals surface area contributed by atoms with Gasteiger partial charge in [-0.15, -0.1) is 0 Å². The number of halogens is 6. The summed E-state index contributed by atoms with van der Waals surface area (Å²) < 4.78 is 86.1. The highest BCUT2D eigenvalue weighted by Crippen LogP contribution is 2.66. The van der Waals surface area contributed by atoms with Gasteiger partial charge in [-0.1, -0.05) is 60.7 Å². The lowest BCUT2D eigenvalue weighted by atomic mass is 9.67. The van der Waals surface area contributed by atoms with Crippen LogP contribution in [-0.4, -0.2) is 48.3 Å². The molecule has 2 fully saturated rings. The third-order valence-corrected chi connectivity index (χ3v) is 6.47. The summed E-state index contributed by atoms with van der Waals surface area (Å²) in [6.45, 7) is -2.50. The number of likely N-dealkylation sites (tertiary alicyclic amines) is 2. The summed E-state index contributed by atoms with van der Waals surface area (Å²) in [7, 11) is 0. The molecule has 0 spiro atoms. The van der Waals surface area contributed by atoms with E-state index >= 15 is 0 Å². The second kappa shape index (κ2) is 7.27. The molecule has 0 aromatic heterocycles. The first kappa shape index (κ1) is 21.2. The molecule has 2 heterocycles. The molecule has 0 radical (unpaired) electrons. The molecule has 2 aromatic carbocycles. The van der Waals surface area contributed by atoms with Gasteiger partial charge >= 0.3 is 12.4 Å². The molecule has 2 aromatic rings. The van der Waals surface area contributed by atoms with Crippen molar-refractivity contribution in [3.8, 4) is 0 Å². The number of rotatable bonds is 4. The van der Waals surface area contributed by atoms with Crippen LogP contribution in [-0.2, 0) is 13.1 Å². The highest BCUT2D eigenvalue weighted by atomic mass is 19.4. The van der Waals surface area contributed by atoms with Crippen LogP contribution in [0.5, 0.6) is 0 Å². The van der Waals surface area contributed by atoms with Crippen LogP contribution in [0, 0.1) is 10.8 Å². The minimum absolute atomic E-state index is 0.0647. The topological polar surface area (TPSA) is 6.48 Å². The summed E-state index contributed by atoms with van der Waals surface area (Å²) in [6.07, 6.45) is -9.95. The molecule has 0 N–H and O–H groups in total. The Bertz CT molecular complexity index is 777. The quantitative estimate of drug-likeness (QED) is 0.624. The van der Waals surface area contributed by atoms with Gasteiger partial charge in [-0.25, -0.2) is 0 Å². The normalized spacial score (nSPS) is 28.1. The minimum Gasteiger partial charge on any atom is -0.297 e. The third-order valence-electron chi connectivity index (χ3n) is 6.47. The Kier molecular flexibility index (Phi) is 5.13. The summed E-state index contributed by atoms with van der Waals surface area (Å²) in [4.78, 5) is 2.63. The Morgan fingerprint density at radius 3 is 1.13 bits per heavy atom. The largest absolute Gasteiger partial charge is 0.397 e. The number of benzene rings is 2. The fourth-order valence-electron chi connectivity index (χ4n) is 5.15. The van der Waals surface area contributed by atoms with Crippen molar-refractivity contribution in [3.63, 3.8) is 0 Å². The van der Waals surface area contributed by atoms with E-state index in [4.69, 9.17) is 0 Å². The summed E-state index contributed by atoms with van der Waals surface area (Å²) in [5.41, 5.74) is -4.29. The van der Waals surface area contributed by atoms with Crippen molar-refractivity contribution in [2.24, 2.45) is 10.8 Å². The van der Waals surface area contributed by atoms with Crippen LogP contribution in [0.2, 0.25) is 0 Å². The van der Waals surface area contributed by atoms with Gasteiger partial charge in [0.1, 0.15) is 10.8 Å². The Balaban J connectivity index is 1.68. The first-order chi connectivity index (χ1) is 14.1. The monoisotopic (exact) mass is 428 g/mol. The van der Waals surface area contributed by atoms with Gasteiger partial charge in [-0.3, -0.25) is 9.80 Å². The molecular weight excluding hydrogens is 406 g/mol. The fourth-order valence-corrected chi connectivity index (χ4v) is 5.15. The van der Waals surface area contributed by atoms with Crippen LogP contribution >= 0.6 is 0 Å². The average molecular weight is 428 g/mol. The molecule has 2 aliphatic rings. The van der Waals surface area contributed by atoms with Crippen molar-refractivity contribution in [1.82, 2.24) is 9.80 Å². The minimum atomic E-state index is -4.97. The van der Waals surface area contributed by atoms with Crippen LogP contribution < -0.4 is 0 Å². The van der Waals surface area contributed by atoms with E-state index in [1.54, 1.807) is 60.7 Å². The highest BCUT2D eigenvalue weighted by Gasteiger charge is 2.81. The first-order valence-electron chi connectivity index (χ1n) is 9.72. The van der Waals surface area contributed by atoms with Crippen LogP contribution in [0.15, 0.2) is 60.7 Å². The summed E-state index contributed by atoms with van der Waals surface area (Å²) >= 11 is 0. The van der Waals surface area contributed by atoms with Crippen molar-refractivity contribution >= 4 is 0 Å². The van der Waals surface area contributed by atoms with E-state index in [9.17, 15) is 26.3 Å². The molecule has 2 nitrogen and oxygen atoms in total. The van der Waals surface area contributed by atoms with Crippen LogP contribution in [0.3, 0.4) is 0 Å². The van der Waals surface area contributed by atoms with E-state index < -0.39 is 49.4 Å². The summed E-state index contributed by atoms with van der Waals surface area (Å²) in [5, 5.41) is 0. The second-order valence-corrected chi connectivity index (χ2v) is 8.42. The van der Waals surface area contributed by atoms with Gasteiger partial charge in [0.2, 0.25) is 0 Å². The summed E-state index contributed by atoms with van der Waals surface area (Å²) in [5.74, 6) is 0. The van der Waals surface area contributed by atoms with Crippen LogP contribution in [0.4, 0.5) is 26.3 Å². The maximum absolute atomic E-state index is 14.4. The number of nitrogens with zero attached hydrogens (tertiary/aromatic N) is 2. The highest BCUT2D eigenvalue weighted by molar-refractivity contribution is 5.23. The van der Waals surface area contributed by atoms with E-state index in [0.717, 1.165) is 0 Å². The third kappa shape index (κ3) is 3.39. The molecule has 162 valence electrons. The van der Waals surface area contributed by atoms with E-state index in [1.807, 2.05) is 0 Å². The lowest BCUT2D eigenvalue weighted by molar-refractivity contribution is -0.306. The Morgan fingerprint density at radius 2 is 0.867 bits per heavy atom. The standard InChI is InChI=1S/C22H22F6N2/c23-21(24,25)19-13-29(11-17-7-3-1-4-8-17)14-20(19,22(26,27)28)16-30(15-19)12-18-9-5-2-6-10-18/h1-10H,11-16H2. The van der Waals surface area contributed by atoms with Gasteiger partial charge in [0, 0.05) is 39.3 Å². The second-order valence-electron chi connectivity index (χ2n) is 8.42. The number of fused-ring (bicyclic) bond motifs is 1. The lowest BCUT2D eigenvalue weighted by Crippen LogP contribution is -2.57. The molecule has 0 atom stereocenters. The van der Waals surface area contributed by atoms with Gasteiger partial charge in [-0.2, -0.15) is 26.3 Å². The number of alkyl halides is 6. The smallest absolute Gasteiger partial charge is 0.297 e. The van der Waals surface area contributed by atoms with E-state index in [1.165, 1.54) is 9.80 Å². The van der Waals surface area contributed by atoms with Crippen LogP contribution in [0.25, 0.3) is 0 Å². The van der Waals surface area contributed by atoms with Gasteiger partial charge in [-0.05, 0) is 11.1 Å². The fraction of sp³-hybridized carbons (Fsp3) is 0.455. The zero-order chi connectivity index (χ0) is 21.6. The van der Waals surface area contributed by atoms with Gasteiger partial charge in [0.05, 0.1) is 0 Å². The van der Waals surface area contributed by atoms with Crippen molar-refractivity contribution in [2.45, 2.75) is 25.4 Å². The number of hydrogen-bond acceptors (Lipinski definition) is 2. The number of hydrogen-bond donors (Lipinski definition) is 0. The summed E-state index contributed by atoms with van der Waals surface area (Å²) in [6, 6.07) is 17.3. The predicted molar refractivity (Wildman–Crippen MR) is 100 cm³/mol. The lowest BCUT2D eigenvalue weighted by Gasteiger charge is -2.40. The zero-order valence-corrected chi connectivity index (χ0v) is 16.2. The molecule has 8 heteroatoms. The molecule has 0 unspecified atom stereocenters. The van der Waals surface area contributed by atoms with E-state index in [0.29, 0.717) is 11.1 Å². The van der Waals surface area contributed by atoms with Crippen molar-refractivity contribution in [3.05, 3.63) is 71.8 Å². The Labute approximate surface area is 171 Å². The predicted octanol–water partition coefficient (Wildman–Crippen LogP) is 5.12. The Morgan fingerprint density at radius 1 is 0.567 bits per heavy atom. The molecule has 0 saturated carbocycles. The van der Waals surface area contributed by atoms with E-state index in [-0.39, 0.29) is 13.1 Å². The molecule has 4 rings (SSSR count). The SMILES string of the molecule is FC(F)(F)C12CN(Cc3ccccc3)CC1(C(F)(F)F)CN(Cc1ccccc1)C2. The van der Waals surface area contributed by atoms with Gasteiger partial charge < -0.3 is 0 Å². The molecule has 30 heavy (non-hydrogen) atoms. The average Bonchev–Trinajstić information content (AvgIpc) is 3.14. The van der Waals surface area contributed by atoms with Crippen molar-refractivity contribution in [2.75, 3.05) is 26.2 Å². The first-order valence-corrected chi connectivity index (χ1v) is 9.72. The van der Waals surface area contributed by atoms with Gasteiger partial charge in [0.15, 0.2) is 0 Å². The van der Waals surface area contributed by atoms with Crippen molar-refractivity contribution in [1.29, 1.82) is 0 Å². The maximum atomic E-state index is 14.4. The van der Waals surface area contributed by atoms with Gasteiger partial charge in [0.25, 0.3) is 0 Å². The molecule has 0 amide bonds. The zero-order valence-electron chi connectivity index (χ0n) is 16.2. The molecule has 2 aliphatic heterocycles. The van der Waals surface area contributed by atoms with Crippen LogP contribution in [0.1, 0.15) is 11.1 Å². The molecular formula is C22H22F6N2.